The highest BCUT2D eigenvalue weighted by Gasteiger charge is 2.23. The first kappa shape index (κ1) is 17.9. The van der Waals surface area contributed by atoms with Gasteiger partial charge in [-0.3, -0.25) is 0 Å². The molecule has 0 aliphatic heterocycles. The Morgan fingerprint density at radius 3 is 2.52 bits per heavy atom. The highest BCUT2D eigenvalue weighted by atomic mass is 32.2. The summed E-state index contributed by atoms with van der Waals surface area (Å²) in [6.45, 7) is 5.79. The van der Waals surface area contributed by atoms with Crippen molar-refractivity contribution in [3.05, 3.63) is 23.8 Å². The zero-order valence-corrected chi connectivity index (χ0v) is 13.9. The van der Waals surface area contributed by atoms with Crippen LogP contribution in [0.2, 0.25) is 0 Å². The summed E-state index contributed by atoms with van der Waals surface area (Å²) in [7, 11) is -2.09. The summed E-state index contributed by atoms with van der Waals surface area (Å²) in [6, 6.07) is 4.64. The van der Waals surface area contributed by atoms with Gasteiger partial charge in [-0.05, 0) is 43.0 Å². The standard InChI is InChI=1S/C15H25NO4S/c1-5-11(2)12(3)16-21(18,19)15-7-6-14(20-4)10-13(15)8-9-17/h6-7,10-12,16-17H,5,8-9H2,1-4H3. The summed E-state index contributed by atoms with van der Waals surface area (Å²) in [6.07, 6.45) is 1.17. The van der Waals surface area contributed by atoms with Crippen LogP contribution in [-0.2, 0) is 16.4 Å². The molecule has 120 valence electrons. The van der Waals surface area contributed by atoms with E-state index in [2.05, 4.69) is 4.72 Å². The fourth-order valence-corrected chi connectivity index (χ4v) is 3.64. The van der Waals surface area contributed by atoms with E-state index in [4.69, 9.17) is 9.84 Å². The Morgan fingerprint density at radius 1 is 1.33 bits per heavy atom. The van der Waals surface area contributed by atoms with Gasteiger partial charge in [-0.1, -0.05) is 20.3 Å². The molecule has 0 saturated heterocycles. The van der Waals surface area contributed by atoms with Crippen molar-refractivity contribution in [1.82, 2.24) is 4.72 Å². The van der Waals surface area contributed by atoms with Crippen molar-refractivity contribution in [3.63, 3.8) is 0 Å². The number of hydrogen-bond donors (Lipinski definition) is 2. The molecule has 0 fully saturated rings. The highest BCUT2D eigenvalue weighted by molar-refractivity contribution is 7.89. The van der Waals surface area contributed by atoms with Gasteiger partial charge in [0.2, 0.25) is 10.0 Å². The normalized spacial score (nSPS) is 14.7. The average Bonchev–Trinajstić information content (AvgIpc) is 2.45. The van der Waals surface area contributed by atoms with Crippen molar-refractivity contribution >= 4 is 10.0 Å². The van der Waals surface area contributed by atoms with Crippen molar-refractivity contribution in [2.75, 3.05) is 13.7 Å². The van der Waals surface area contributed by atoms with E-state index in [-0.39, 0.29) is 29.9 Å². The number of rotatable bonds is 8. The van der Waals surface area contributed by atoms with Crippen LogP contribution in [-0.4, -0.2) is 33.3 Å². The van der Waals surface area contributed by atoms with Gasteiger partial charge in [0.05, 0.1) is 12.0 Å². The lowest BCUT2D eigenvalue weighted by Gasteiger charge is -2.21. The topological polar surface area (TPSA) is 75.6 Å². The molecule has 0 bridgehead atoms. The van der Waals surface area contributed by atoms with Crippen LogP contribution in [0.25, 0.3) is 0 Å². The number of sulfonamides is 1. The molecule has 2 unspecified atom stereocenters. The second kappa shape index (κ2) is 7.77. The number of methoxy groups -OCH3 is 1. The molecule has 0 radical (unpaired) electrons. The maximum absolute atomic E-state index is 12.5. The summed E-state index contributed by atoms with van der Waals surface area (Å²) in [4.78, 5) is 0.201. The van der Waals surface area contributed by atoms with E-state index in [1.807, 2.05) is 20.8 Å². The first-order valence-electron chi connectivity index (χ1n) is 7.15. The highest BCUT2D eigenvalue weighted by Crippen LogP contribution is 2.23. The first-order valence-corrected chi connectivity index (χ1v) is 8.64. The second-order valence-corrected chi connectivity index (χ2v) is 6.93. The average molecular weight is 315 g/mol. The van der Waals surface area contributed by atoms with Gasteiger partial charge in [0.1, 0.15) is 5.75 Å². The zero-order valence-electron chi connectivity index (χ0n) is 13.1. The van der Waals surface area contributed by atoms with Crippen LogP contribution in [0.4, 0.5) is 0 Å². The number of benzene rings is 1. The molecular formula is C15H25NO4S. The summed E-state index contributed by atoms with van der Waals surface area (Å²) >= 11 is 0. The van der Waals surface area contributed by atoms with Crippen molar-refractivity contribution in [1.29, 1.82) is 0 Å². The van der Waals surface area contributed by atoms with Crippen LogP contribution in [0.1, 0.15) is 32.8 Å². The Balaban J connectivity index is 3.12. The van der Waals surface area contributed by atoms with E-state index in [1.165, 1.54) is 13.2 Å². The molecule has 0 spiro atoms. The fraction of sp³-hybridized carbons (Fsp3) is 0.600. The molecule has 1 rings (SSSR count). The van der Waals surface area contributed by atoms with Gasteiger partial charge in [-0.25, -0.2) is 13.1 Å². The Labute approximate surface area is 127 Å². The molecule has 6 heteroatoms. The summed E-state index contributed by atoms with van der Waals surface area (Å²) in [5.74, 6) is 0.826. The van der Waals surface area contributed by atoms with Gasteiger partial charge in [0.15, 0.2) is 0 Å². The Kier molecular flexibility index (Phi) is 6.64. The number of nitrogens with one attached hydrogen (secondary N) is 1. The maximum atomic E-state index is 12.5. The monoisotopic (exact) mass is 315 g/mol. The van der Waals surface area contributed by atoms with Crippen LogP contribution in [0.3, 0.4) is 0 Å². The number of aliphatic hydroxyl groups excluding tert-OH is 1. The van der Waals surface area contributed by atoms with Crippen molar-refractivity contribution < 1.29 is 18.3 Å². The van der Waals surface area contributed by atoms with Gasteiger partial charge < -0.3 is 9.84 Å². The lowest BCUT2D eigenvalue weighted by atomic mass is 10.0. The minimum absolute atomic E-state index is 0.114. The van der Waals surface area contributed by atoms with Gasteiger partial charge >= 0.3 is 0 Å². The van der Waals surface area contributed by atoms with E-state index < -0.39 is 10.0 Å². The predicted octanol–water partition coefficient (Wildman–Crippen LogP) is 1.94. The Bertz CT molecular complexity index is 557. The van der Waals surface area contributed by atoms with Crippen LogP contribution >= 0.6 is 0 Å². The molecule has 0 heterocycles. The number of hydrogen-bond acceptors (Lipinski definition) is 4. The SMILES string of the molecule is CCC(C)C(C)NS(=O)(=O)c1ccc(OC)cc1CCO. The molecule has 1 aromatic carbocycles. The molecular weight excluding hydrogens is 290 g/mol. The largest absolute Gasteiger partial charge is 0.497 e. The van der Waals surface area contributed by atoms with Crippen molar-refractivity contribution in [3.8, 4) is 5.75 Å². The van der Waals surface area contributed by atoms with Crippen LogP contribution in [0.15, 0.2) is 23.1 Å². The van der Waals surface area contributed by atoms with Gasteiger partial charge in [0, 0.05) is 12.6 Å². The van der Waals surface area contributed by atoms with Gasteiger partial charge in [-0.2, -0.15) is 0 Å². The van der Waals surface area contributed by atoms with Crippen molar-refractivity contribution in [2.45, 2.75) is 44.6 Å². The molecule has 0 saturated carbocycles. The third-order valence-corrected chi connectivity index (χ3v) is 5.44. The molecule has 0 aromatic heterocycles. The maximum Gasteiger partial charge on any atom is 0.241 e. The summed E-state index contributed by atoms with van der Waals surface area (Å²) in [5.41, 5.74) is 0.556. The molecule has 5 nitrogen and oxygen atoms in total. The fourth-order valence-electron chi connectivity index (χ4n) is 2.04. The van der Waals surface area contributed by atoms with E-state index >= 15 is 0 Å². The molecule has 2 atom stereocenters. The number of ether oxygens (including phenoxy) is 1. The lowest BCUT2D eigenvalue weighted by Crippen LogP contribution is -2.37. The lowest BCUT2D eigenvalue weighted by molar-refractivity contribution is 0.298. The van der Waals surface area contributed by atoms with Crippen LogP contribution in [0, 0.1) is 5.92 Å². The smallest absolute Gasteiger partial charge is 0.241 e. The minimum atomic E-state index is -3.61. The van der Waals surface area contributed by atoms with E-state index in [0.717, 1.165) is 6.42 Å². The number of aliphatic hydroxyl groups is 1. The molecule has 21 heavy (non-hydrogen) atoms. The molecule has 0 aliphatic rings. The molecule has 0 amide bonds. The minimum Gasteiger partial charge on any atom is -0.497 e. The molecule has 1 aromatic rings. The van der Waals surface area contributed by atoms with E-state index in [1.54, 1.807) is 12.1 Å². The van der Waals surface area contributed by atoms with Gasteiger partial charge in [-0.15, -0.1) is 0 Å². The van der Waals surface area contributed by atoms with E-state index in [9.17, 15) is 8.42 Å². The first-order chi connectivity index (χ1) is 9.85. The summed E-state index contributed by atoms with van der Waals surface area (Å²) < 4.78 is 32.9. The van der Waals surface area contributed by atoms with Crippen molar-refractivity contribution in [2.24, 2.45) is 5.92 Å². The predicted molar refractivity (Wildman–Crippen MR) is 83.0 cm³/mol. The Morgan fingerprint density at radius 2 is 2.00 bits per heavy atom. The third-order valence-electron chi connectivity index (χ3n) is 3.78. The third kappa shape index (κ3) is 4.69. The quantitative estimate of drug-likeness (QED) is 0.769. The second-order valence-electron chi connectivity index (χ2n) is 5.24. The molecule has 2 N–H and O–H groups in total. The van der Waals surface area contributed by atoms with Gasteiger partial charge in [0.25, 0.3) is 0 Å². The summed E-state index contributed by atoms with van der Waals surface area (Å²) in [5, 5.41) is 9.13. The van der Waals surface area contributed by atoms with Crippen LogP contribution < -0.4 is 9.46 Å². The van der Waals surface area contributed by atoms with E-state index in [0.29, 0.717) is 11.3 Å². The molecule has 0 aliphatic carbocycles. The van der Waals surface area contributed by atoms with Crippen LogP contribution in [0.5, 0.6) is 5.75 Å². The Hall–Kier alpha value is -1.11. The zero-order chi connectivity index (χ0) is 16.0.